The minimum absolute atomic E-state index is 0.215. The van der Waals surface area contributed by atoms with Crippen molar-refractivity contribution in [3.05, 3.63) is 30.1 Å². The SMILES string of the molecule is CC(C)(C)OC(=O)N1CCC(c2ccc3nc[nH]c3c2)C1. The van der Waals surface area contributed by atoms with Gasteiger partial charge in [0, 0.05) is 19.0 Å². The molecule has 1 amide bonds. The van der Waals surface area contributed by atoms with E-state index in [1.54, 1.807) is 11.2 Å². The van der Waals surface area contributed by atoms with Gasteiger partial charge in [-0.3, -0.25) is 0 Å². The molecule has 0 spiro atoms. The fourth-order valence-corrected chi connectivity index (χ4v) is 2.73. The number of fused-ring (bicyclic) bond motifs is 1. The van der Waals surface area contributed by atoms with Crippen molar-refractivity contribution in [3.63, 3.8) is 0 Å². The molecule has 1 atom stereocenters. The first-order valence-corrected chi connectivity index (χ1v) is 7.33. The summed E-state index contributed by atoms with van der Waals surface area (Å²) in [5.41, 5.74) is 2.83. The number of ether oxygens (including phenoxy) is 1. The second kappa shape index (κ2) is 5.06. The van der Waals surface area contributed by atoms with Gasteiger partial charge in [-0.15, -0.1) is 0 Å². The zero-order valence-electron chi connectivity index (χ0n) is 12.7. The molecule has 5 nitrogen and oxygen atoms in total. The van der Waals surface area contributed by atoms with Gasteiger partial charge in [-0.05, 0) is 44.9 Å². The Morgan fingerprint density at radius 2 is 2.24 bits per heavy atom. The number of aromatic amines is 1. The van der Waals surface area contributed by atoms with Gasteiger partial charge >= 0.3 is 6.09 Å². The summed E-state index contributed by atoms with van der Waals surface area (Å²) in [4.78, 5) is 21.3. The summed E-state index contributed by atoms with van der Waals surface area (Å²) in [6, 6.07) is 6.26. The predicted molar refractivity (Wildman–Crippen MR) is 81.3 cm³/mol. The summed E-state index contributed by atoms with van der Waals surface area (Å²) in [6.07, 6.45) is 2.46. The number of likely N-dealkylation sites (tertiary alicyclic amines) is 1. The van der Waals surface area contributed by atoms with Gasteiger partial charge in [0.25, 0.3) is 0 Å². The Bertz CT molecular complexity index is 657. The van der Waals surface area contributed by atoms with E-state index in [-0.39, 0.29) is 6.09 Å². The molecule has 1 aliphatic heterocycles. The summed E-state index contributed by atoms with van der Waals surface area (Å²) < 4.78 is 5.43. The highest BCUT2D eigenvalue weighted by Gasteiger charge is 2.30. The molecule has 112 valence electrons. The molecule has 0 aliphatic carbocycles. The molecule has 1 aliphatic rings. The highest BCUT2D eigenvalue weighted by Crippen LogP contribution is 2.29. The first kappa shape index (κ1) is 13.9. The molecule has 3 rings (SSSR count). The molecular weight excluding hydrogens is 266 g/mol. The molecule has 0 bridgehead atoms. The number of rotatable bonds is 1. The van der Waals surface area contributed by atoms with E-state index in [9.17, 15) is 4.79 Å². The maximum Gasteiger partial charge on any atom is 0.410 e. The van der Waals surface area contributed by atoms with Crippen LogP contribution in [0.3, 0.4) is 0 Å². The number of carbonyl (C=O) groups excluding carboxylic acids is 1. The fraction of sp³-hybridized carbons (Fsp3) is 0.500. The number of amides is 1. The third-order valence-corrected chi connectivity index (χ3v) is 3.76. The number of H-pyrrole nitrogens is 1. The maximum atomic E-state index is 12.1. The lowest BCUT2D eigenvalue weighted by molar-refractivity contribution is 0.0292. The van der Waals surface area contributed by atoms with Gasteiger partial charge in [0.05, 0.1) is 17.4 Å². The normalized spacial score (nSPS) is 19.2. The molecule has 1 fully saturated rings. The topological polar surface area (TPSA) is 58.2 Å². The van der Waals surface area contributed by atoms with Gasteiger partial charge in [-0.1, -0.05) is 6.07 Å². The van der Waals surface area contributed by atoms with Crippen molar-refractivity contribution in [1.82, 2.24) is 14.9 Å². The standard InChI is InChI=1S/C16H21N3O2/c1-16(2,3)21-15(20)19-7-6-12(9-19)11-4-5-13-14(8-11)18-10-17-13/h4-5,8,10,12H,6-7,9H2,1-3H3,(H,17,18). The first-order valence-electron chi connectivity index (χ1n) is 7.33. The van der Waals surface area contributed by atoms with Crippen molar-refractivity contribution < 1.29 is 9.53 Å². The Kier molecular flexibility index (Phi) is 3.35. The number of nitrogens with one attached hydrogen (secondary N) is 1. The third kappa shape index (κ3) is 3.01. The van der Waals surface area contributed by atoms with Crippen LogP contribution in [0.5, 0.6) is 0 Å². The van der Waals surface area contributed by atoms with E-state index in [0.717, 1.165) is 24.0 Å². The molecule has 1 aromatic heterocycles. The van der Waals surface area contributed by atoms with Gasteiger partial charge in [0.2, 0.25) is 0 Å². The number of imidazole rings is 1. The van der Waals surface area contributed by atoms with E-state index in [0.29, 0.717) is 12.5 Å². The van der Waals surface area contributed by atoms with Crippen LogP contribution in [-0.2, 0) is 4.74 Å². The van der Waals surface area contributed by atoms with Crippen molar-refractivity contribution in [3.8, 4) is 0 Å². The lowest BCUT2D eigenvalue weighted by Crippen LogP contribution is -2.35. The molecule has 2 aromatic rings. The molecular formula is C16H21N3O2. The lowest BCUT2D eigenvalue weighted by Gasteiger charge is -2.24. The van der Waals surface area contributed by atoms with Crippen LogP contribution in [-0.4, -0.2) is 39.7 Å². The second-order valence-corrected chi connectivity index (χ2v) is 6.59. The molecule has 5 heteroatoms. The van der Waals surface area contributed by atoms with Gasteiger partial charge in [0.15, 0.2) is 0 Å². The average molecular weight is 287 g/mol. The minimum atomic E-state index is -0.440. The zero-order valence-corrected chi connectivity index (χ0v) is 12.7. The van der Waals surface area contributed by atoms with E-state index in [4.69, 9.17) is 4.74 Å². The predicted octanol–water partition coefficient (Wildman–Crippen LogP) is 3.29. The van der Waals surface area contributed by atoms with Crippen LogP contribution in [0, 0.1) is 0 Å². The Hall–Kier alpha value is -2.04. The Labute approximate surface area is 124 Å². The first-order chi connectivity index (χ1) is 9.92. The van der Waals surface area contributed by atoms with Crippen molar-refractivity contribution in [2.75, 3.05) is 13.1 Å². The van der Waals surface area contributed by atoms with E-state index >= 15 is 0 Å². The largest absolute Gasteiger partial charge is 0.444 e. The Balaban J connectivity index is 1.70. The van der Waals surface area contributed by atoms with Crippen LogP contribution in [0.15, 0.2) is 24.5 Å². The van der Waals surface area contributed by atoms with Crippen molar-refractivity contribution in [1.29, 1.82) is 0 Å². The molecule has 0 saturated carbocycles. The van der Waals surface area contributed by atoms with Crippen molar-refractivity contribution in [2.45, 2.75) is 38.7 Å². The fourth-order valence-electron chi connectivity index (χ4n) is 2.73. The smallest absolute Gasteiger partial charge is 0.410 e. The van der Waals surface area contributed by atoms with Crippen LogP contribution in [0.2, 0.25) is 0 Å². The molecule has 1 saturated heterocycles. The summed E-state index contributed by atoms with van der Waals surface area (Å²) in [5, 5.41) is 0. The van der Waals surface area contributed by atoms with E-state index in [2.05, 4.69) is 22.1 Å². The summed E-state index contributed by atoms with van der Waals surface area (Å²) in [6.45, 7) is 7.15. The summed E-state index contributed by atoms with van der Waals surface area (Å²) in [7, 11) is 0. The van der Waals surface area contributed by atoms with Crippen LogP contribution in [0.1, 0.15) is 38.7 Å². The number of hydrogen-bond acceptors (Lipinski definition) is 3. The minimum Gasteiger partial charge on any atom is -0.444 e. The van der Waals surface area contributed by atoms with Crippen LogP contribution in [0.4, 0.5) is 4.79 Å². The van der Waals surface area contributed by atoms with Gasteiger partial charge in [-0.25, -0.2) is 9.78 Å². The molecule has 1 N–H and O–H groups in total. The highest BCUT2D eigenvalue weighted by atomic mass is 16.6. The monoisotopic (exact) mass is 287 g/mol. The van der Waals surface area contributed by atoms with Gasteiger partial charge in [-0.2, -0.15) is 0 Å². The molecule has 21 heavy (non-hydrogen) atoms. The molecule has 0 radical (unpaired) electrons. The zero-order chi connectivity index (χ0) is 15.0. The van der Waals surface area contributed by atoms with Crippen LogP contribution >= 0.6 is 0 Å². The summed E-state index contributed by atoms with van der Waals surface area (Å²) >= 11 is 0. The van der Waals surface area contributed by atoms with Crippen LogP contribution in [0.25, 0.3) is 11.0 Å². The van der Waals surface area contributed by atoms with Gasteiger partial charge in [0.1, 0.15) is 5.60 Å². The lowest BCUT2D eigenvalue weighted by atomic mass is 9.98. The number of hydrogen-bond donors (Lipinski definition) is 1. The quantitative estimate of drug-likeness (QED) is 0.875. The van der Waals surface area contributed by atoms with Crippen molar-refractivity contribution in [2.24, 2.45) is 0 Å². The Morgan fingerprint density at radius 3 is 3.00 bits per heavy atom. The summed E-state index contributed by atoms with van der Waals surface area (Å²) in [5.74, 6) is 0.366. The highest BCUT2D eigenvalue weighted by molar-refractivity contribution is 5.75. The van der Waals surface area contributed by atoms with E-state index in [1.165, 1.54) is 5.56 Å². The molecule has 1 unspecified atom stereocenters. The van der Waals surface area contributed by atoms with Crippen molar-refractivity contribution >= 4 is 17.1 Å². The Morgan fingerprint density at radius 1 is 1.43 bits per heavy atom. The van der Waals surface area contributed by atoms with Crippen LogP contribution < -0.4 is 0 Å². The van der Waals surface area contributed by atoms with E-state index in [1.807, 2.05) is 26.8 Å². The second-order valence-electron chi connectivity index (χ2n) is 6.59. The third-order valence-electron chi connectivity index (χ3n) is 3.76. The van der Waals surface area contributed by atoms with E-state index < -0.39 is 5.60 Å². The average Bonchev–Trinajstić information content (AvgIpc) is 3.05. The van der Waals surface area contributed by atoms with Gasteiger partial charge < -0.3 is 14.6 Å². The molecule has 1 aromatic carbocycles. The number of aromatic nitrogens is 2. The number of carbonyl (C=O) groups is 1. The number of benzene rings is 1. The molecule has 2 heterocycles. The number of nitrogens with zero attached hydrogens (tertiary/aromatic N) is 2. The maximum absolute atomic E-state index is 12.1.